The van der Waals surface area contributed by atoms with Crippen molar-refractivity contribution >= 4 is 22.5 Å². The highest BCUT2D eigenvalue weighted by molar-refractivity contribution is 5.95. The number of anilines is 1. The van der Waals surface area contributed by atoms with Crippen LogP contribution in [-0.4, -0.2) is 16.0 Å². The molecule has 0 bridgehead atoms. The van der Waals surface area contributed by atoms with Crippen molar-refractivity contribution in [3.63, 3.8) is 0 Å². The minimum Gasteiger partial charge on any atom is -0.392 e. The van der Waals surface area contributed by atoms with Crippen LogP contribution in [0.3, 0.4) is 0 Å². The highest BCUT2D eigenvalue weighted by Gasteiger charge is 2.10. The Kier molecular flexibility index (Phi) is 3.89. The average molecular weight is 298 g/mol. The fourth-order valence-corrected chi connectivity index (χ4v) is 2.43. The lowest BCUT2D eigenvalue weighted by Gasteiger charge is -2.06. The number of benzene rings is 2. The minimum absolute atomic E-state index is 0.0717. The van der Waals surface area contributed by atoms with Crippen LogP contribution >= 0.6 is 0 Å². The lowest BCUT2D eigenvalue weighted by Crippen LogP contribution is -2.14. The van der Waals surface area contributed by atoms with Gasteiger partial charge in [0, 0.05) is 22.8 Å². The van der Waals surface area contributed by atoms with E-state index in [-0.39, 0.29) is 24.8 Å². The normalized spacial score (nSPS) is 10.8. The highest BCUT2D eigenvalue weighted by atomic mass is 19.1. The maximum Gasteiger partial charge on any atom is 0.228 e. The first-order chi connectivity index (χ1) is 10.7. The predicted octanol–water partition coefficient (Wildman–Crippen LogP) is 2.98. The number of halogens is 1. The smallest absolute Gasteiger partial charge is 0.228 e. The Morgan fingerprint density at radius 2 is 2.09 bits per heavy atom. The van der Waals surface area contributed by atoms with Crippen molar-refractivity contribution in [2.75, 3.05) is 5.32 Å². The predicted molar refractivity (Wildman–Crippen MR) is 83.0 cm³/mol. The summed E-state index contributed by atoms with van der Waals surface area (Å²) in [7, 11) is 0. The lowest BCUT2D eigenvalue weighted by molar-refractivity contribution is -0.115. The Labute approximate surface area is 126 Å². The third-order valence-corrected chi connectivity index (χ3v) is 3.47. The average Bonchev–Trinajstić information content (AvgIpc) is 2.89. The standard InChI is InChI=1S/C17H15FN2O2/c18-13-4-5-15-12(9-19-16(15)8-13)7-17(22)20-14-3-1-2-11(6-14)10-21/h1-6,8-9,19,21H,7,10H2,(H,20,22). The lowest BCUT2D eigenvalue weighted by atomic mass is 10.1. The van der Waals surface area contributed by atoms with Gasteiger partial charge in [0.2, 0.25) is 5.91 Å². The Balaban J connectivity index is 1.75. The summed E-state index contributed by atoms with van der Waals surface area (Å²) in [6, 6.07) is 11.5. The van der Waals surface area contributed by atoms with Crippen molar-refractivity contribution in [2.45, 2.75) is 13.0 Å². The van der Waals surface area contributed by atoms with Crippen LogP contribution in [0.1, 0.15) is 11.1 Å². The summed E-state index contributed by atoms with van der Waals surface area (Å²) < 4.78 is 13.1. The van der Waals surface area contributed by atoms with E-state index in [1.807, 2.05) is 0 Å². The zero-order valence-corrected chi connectivity index (χ0v) is 11.8. The second kappa shape index (κ2) is 5.99. The van der Waals surface area contributed by atoms with Gasteiger partial charge < -0.3 is 15.4 Å². The van der Waals surface area contributed by atoms with Crippen LogP contribution in [0.25, 0.3) is 10.9 Å². The van der Waals surface area contributed by atoms with Crippen LogP contribution < -0.4 is 5.32 Å². The Hall–Kier alpha value is -2.66. The monoisotopic (exact) mass is 298 g/mol. The fraction of sp³-hybridized carbons (Fsp3) is 0.118. The molecule has 3 aromatic rings. The molecule has 3 rings (SSSR count). The van der Waals surface area contributed by atoms with Gasteiger partial charge in [-0.15, -0.1) is 0 Å². The molecule has 0 unspecified atom stereocenters. The molecule has 112 valence electrons. The van der Waals surface area contributed by atoms with E-state index in [0.29, 0.717) is 11.2 Å². The van der Waals surface area contributed by atoms with Crippen molar-refractivity contribution < 1.29 is 14.3 Å². The maximum atomic E-state index is 13.1. The molecule has 0 aliphatic heterocycles. The topological polar surface area (TPSA) is 65.1 Å². The third kappa shape index (κ3) is 2.99. The van der Waals surface area contributed by atoms with Gasteiger partial charge in [-0.3, -0.25) is 4.79 Å². The first kappa shape index (κ1) is 14.3. The molecule has 0 saturated heterocycles. The summed E-state index contributed by atoms with van der Waals surface area (Å²) in [4.78, 5) is 15.1. The molecule has 2 aromatic carbocycles. The summed E-state index contributed by atoms with van der Waals surface area (Å²) in [5.74, 6) is -0.480. The number of rotatable bonds is 4. The van der Waals surface area contributed by atoms with E-state index < -0.39 is 0 Å². The Morgan fingerprint density at radius 3 is 2.91 bits per heavy atom. The molecule has 3 N–H and O–H groups in total. The van der Waals surface area contributed by atoms with E-state index in [2.05, 4.69) is 10.3 Å². The van der Waals surface area contributed by atoms with E-state index >= 15 is 0 Å². The molecular formula is C17H15FN2O2. The van der Waals surface area contributed by atoms with Gasteiger partial charge in [-0.1, -0.05) is 12.1 Å². The molecule has 0 saturated carbocycles. The minimum atomic E-state index is -0.314. The van der Waals surface area contributed by atoms with Gasteiger partial charge in [0.1, 0.15) is 5.82 Å². The van der Waals surface area contributed by atoms with Gasteiger partial charge in [0.15, 0.2) is 0 Å². The van der Waals surface area contributed by atoms with Crippen molar-refractivity contribution in [2.24, 2.45) is 0 Å². The Morgan fingerprint density at radius 1 is 1.23 bits per heavy atom. The van der Waals surface area contributed by atoms with Crippen molar-refractivity contribution in [1.29, 1.82) is 0 Å². The summed E-state index contributed by atoms with van der Waals surface area (Å²) in [5, 5.41) is 12.7. The van der Waals surface area contributed by atoms with Gasteiger partial charge in [-0.25, -0.2) is 4.39 Å². The summed E-state index contributed by atoms with van der Waals surface area (Å²) in [6.07, 6.45) is 1.91. The van der Waals surface area contributed by atoms with Crippen LogP contribution in [0.5, 0.6) is 0 Å². The van der Waals surface area contributed by atoms with Crippen LogP contribution in [0.4, 0.5) is 10.1 Å². The van der Waals surface area contributed by atoms with E-state index in [1.165, 1.54) is 12.1 Å². The van der Waals surface area contributed by atoms with Gasteiger partial charge in [-0.05, 0) is 41.5 Å². The number of fused-ring (bicyclic) bond motifs is 1. The highest BCUT2D eigenvalue weighted by Crippen LogP contribution is 2.20. The summed E-state index contributed by atoms with van der Waals surface area (Å²) >= 11 is 0. The van der Waals surface area contributed by atoms with Crippen LogP contribution in [0.2, 0.25) is 0 Å². The second-order valence-electron chi connectivity index (χ2n) is 5.09. The largest absolute Gasteiger partial charge is 0.392 e. The van der Waals surface area contributed by atoms with Gasteiger partial charge in [0.05, 0.1) is 13.0 Å². The molecular weight excluding hydrogens is 283 g/mol. The van der Waals surface area contributed by atoms with Crippen LogP contribution in [-0.2, 0) is 17.8 Å². The second-order valence-corrected chi connectivity index (χ2v) is 5.09. The number of nitrogens with one attached hydrogen (secondary N) is 2. The number of carbonyl (C=O) groups excluding carboxylic acids is 1. The number of aliphatic hydroxyl groups excluding tert-OH is 1. The maximum absolute atomic E-state index is 13.1. The molecule has 1 heterocycles. The molecule has 5 heteroatoms. The number of carbonyl (C=O) groups is 1. The first-order valence-electron chi connectivity index (χ1n) is 6.91. The zero-order chi connectivity index (χ0) is 15.5. The molecule has 4 nitrogen and oxygen atoms in total. The van der Waals surface area contributed by atoms with Crippen LogP contribution in [0, 0.1) is 5.82 Å². The Bertz CT molecular complexity index is 826. The summed E-state index contributed by atoms with van der Waals surface area (Å²) in [5.41, 5.74) is 2.86. The van der Waals surface area contributed by atoms with Crippen molar-refractivity contribution in [1.82, 2.24) is 4.98 Å². The van der Waals surface area contributed by atoms with E-state index in [4.69, 9.17) is 5.11 Å². The summed E-state index contributed by atoms with van der Waals surface area (Å²) in [6.45, 7) is -0.0717. The number of amides is 1. The fourth-order valence-electron chi connectivity index (χ4n) is 2.43. The van der Waals surface area contributed by atoms with Crippen molar-refractivity contribution in [3.8, 4) is 0 Å². The number of hydrogen-bond acceptors (Lipinski definition) is 2. The number of aliphatic hydroxyl groups is 1. The van der Waals surface area contributed by atoms with E-state index in [9.17, 15) is 9.18 Å². The quantitative estimate of drug-likeness (QED) is 0.693. The molecule has 1 amide bonds. The molecule has 1 aromatic heterocycles. The molecule has 0 atom stereocenters. The van der Waals surface area contributed by atoms with E-state index in [1.54, 1.807) is 36.5 Å². The molecule has 0 fully saturated rings. The van der Waals surface area contributed by atoms with Gasteiger partial charge in [0.25, 0.3) is 0 Å². The van der Waals surface area contributed by atoms with Gasteiger partial charge >= 0.3 is 0 Å². The number of aromatic amines is 1. The van der Waals surface area contributed by atoms with Crippen molar-refractivity contribution in [3.05, 3.63) is 65.6 Å². The number of H-pyrrole nitrogens is 1. The van der Waals surface area contributed by atoms with Gasteiger partial charge in [-0.2, -0.15) is 0 Å². The van der Waals surface area contributed by atoms with Crippen LogP contribution in [0.15, 0.2) is 48.7 Å². The molecule has 0 aliphatic carbocycles. The molecule has 0 radical (unpaired) electrons. The molecule has 0 aliphatic rings. The van der Waals surface area contributed by atoms with E-state index in [0.717, 1.165) is 16.5 Å². The number of hydrogen-bond donors (Lipinski definition) is 3. The number of aromatic nitrogens is 1. The zero-order valence-electron chi connectivity index (χ0n) is 11.8. The first-order valence-corrected chi connectivity index (χ1v) is 6.91. The third-order valence-electron chi connectivity index (χ3n) is 3.47. The molecule has 22 heavy (non-hydrogen) atoms. The SMILES string of the molecule is O=C(Cc1c[nH]c2cc(F)ccc12)Nc1cccc(CO)c1. The molecule has 0 spiro atoms.